The predicted octanol–water partition coefficient (Wildman–Crippen LogP) is 5.40. The van der Waals surface area contributed by atoms with Crippen molar-refractivity contribution in [3.05, 3.63) is 58.4 Å². The molecule has 0 N–H and O–H groups in total. The van der Waals surface area contributed by atoms with E-state index in [1.807, 2.05) is 13.0 Å². The smallest absolute Gasteiger partial charge is 0.311 e. The summed E-state index contributed by atoms with van der Waals surface area (Å²) in [5, 5.41) is 0. The second-order valence-electron chi connectivity index (χ2n) is 10.5. The van der Waals surface area contributed by atoms with Gasteiger partial charge in [0.25, 0.3) is 0 Å². The monoisotopic (exact) mass is 450 g/mol. The summed E-state index contributed by atoms with van der Waals surface area (Å²) in [6.07, 6.45) is 6.44. The van der Waals surface area contributed by atoms with Crippen molar-refractivity contribution in [3.8, 4) is 0 Å². The molecule has 1 aromatic rings. The van der Waals surface area contributed by atoms with Gasteiger partial charge in [0.05, 0.1) is 19.6 Å². The van der Waals surface area contributed by atoms with E-state index in [9.17, 15) is 14.4 Å². The summed E-state index contributed by atoms with van der Waals surface area (Å²) in [6, 6.07) is 3.67. The molecule has 0 aromatic heterocycles. The summed E-state index contributed by atoms with van der Waals surface area (Å²) in [6.45, 7) is 10.8. The average molecular weight is 451 g/mol. The van der Waals surface area contributed by atoms with Crippen LogP contribution >= 0.6 is 0 Å². The van der Waals surface area contributed by atoms with Crippen LogP contribution < -0.4 is 0 Å². The maximum atomic E-state index is 13.3. The van der Waals surface area contributed by atoms with Crippen LogP contribution in [-0.2, 0) is 20.7 Å². The number of ether oxygens (including phenoxy) is 2. The van der Waals surface area contributed by atoms with Gasteiger partial charge in [0.1, 0.15) is 0 Å². The van der Waals surface area contributed by atoms with Crippen molar-refractivity contribution in [2.75, 3.05) is 14.2 Å². The van der Waals surface area contributed by atoms with Gasteiger partial charge in [0.15, 0.2) is 11.5 Å². The van der Waals surface area contributed by atoms with Gasteiger partial charge in [-0.25, -0.2) is 0 Å². The van der Waals surface area contributed by atoms with Crippen molar-refractivity contribution in [1.82, 2.24) is 0 Å². The van der Waals surface area contributed by atoms with Crippen LogP contribution in [-0.4, -0.2) is 31.8 Å². The van der Waals surface area contributed by atoms with Crippen molar-refractivity contribution in [2.24, 2.45) is 22.7 Å². The Balaban J connectivity index is 1.80. The minimum Gasteiger partial charge on any atom is -0.492 e. The van der Waals surface area contributed by atoms with Crippen LogP contribution in [0.25, 0.3) is 0 Å². The lowest BCUT2D eigenvalue weighted by Crippen LogP contribution is -2.54. The van der Waals surface area contributed by atoms with Crippen LogP contribution in [0.1, 0.15) is 77.8 Å². The second-order valence-corrected chi connectivity index (χ2v) is 10.5. The molecule has 4 rings (SSSR count). The van der Waals surface area contributed by atoms with Crippen molar-refractivity contribution >= 4 is 17.5 Å². The van der Waals surface area contributed by atoms with Crippen LogP contribution in [0.4, 0.5) is 0 Å². The normalized spacial score (nSPS) is 31.4. The van der Waals surface area contributed by atoms with E-state index >= 15 is 0 Å². The van der Waals surface area contributed by atoms with Crippen molar-refractivity contribution in [1.29, 1.82) is 0 Å². The molecule has 33 heavy (non-hydrogen) atoms. The first-order chi connectivity index (χ1) is 15.6. The molecular weight excluding hydrogens is 416 g/mol. The average Bonchev–Trinajstić information content (AvgIpc) is 2.78. The summed E-state index contributed by atoms with van der Waals surface area (Å²) < 4.78 is 10.5. The lowest BCUT2D eigenvalue weighted by molar-refractivity contribution is -0.167. The predicted molar refractivity (Wildman–Crippen MR) is 126 cm³/mol. The molecule has 5 heteroatoms. The van der Waals surface area contributed by atoms with E-state index in [4.69, 9.17) is 9.47 Å². The number of rotatable bonds is 4. The summed E-state index contributed by atoms with van der Waals surface area (Å²) in [5.41, 5.74) is 3.27. The van der Waals surface area contributed by atoms with E-state index < -0.39 is 5.41 Å². The highest BCUT2D eigenvalue weighted by molar-refractivity contribution is 6.24. The zero-order valence-corrected chi connectivity index (χ0v) is 20.4. The van der Waals surface area contributed by atoms with Gasteiger partial charge in [0, 0.05) is 17.2 Å². The summed E-state index contributed by atoms with van der Waals surface area (Å²) in [4.78, 5) is 38.9. The largest absolute Gasteiger partial charge is 0.492 e. The molecule has 0 amide bonds. The van der Waals surface area contributed by atoms with E-state index in [-0.39, 0.29) is 40.5 Å². The SMILES string of the molecule is C=C1CC[C@@H]2[C@](C)(CCC[C@]2(C)C(=O)OC)[C@H]1Cc1c(C)ccc2c1C(=O)C(OC)=CC2=O. The van der Waals surface area contributed by atoms with Gasteiger partial charge in [-0.05, 0) is 74.3 Å². The van der Waals surface area contributed by atoms with Crippen LogP contribution in [0.2, 0.25) is 0 Å². The number of hydrogen-bond acceptors (Lipinski definition) is 5. The first-order valence-corrected chi connectivity index (χ1v) is 11.8. The molecule has 0 radical (unpaired) electrons. The van der Waals surface area contributed by atoms with Gasteiger partial charge in [0.2, 0.25) is 5.78 Å². The van der Waals surface area contributed by atoms with Gasteiger partial charge in [-0.15, -0.1) is 0 Å². The molecule has 0 spiro atoms. The third-order valence-corrected chi connectivity index (χ3v) is 8.83. The number of aryl methyl sites for hydroxylation is 1. The van der Waals surface area contributed by atoms with Gasteiger partial charge >= 0.3 is 5.97 Å². The van der Waals surface area contributed by atoms with E-state index in [1.165, 1.54) is 20.3 Å². The molecule has 3 aliphatic rings. The van der Waals surface area contributed by atoms with Gasteiger partial charge in [-0.3, -0.25) is 14.4 Å². The fraction of sp³-hybridized carbons (Fsp3) is 0.536. The summed E-state index contributed by atoms with van der Waals surface area (Å²) >= 11 is 0. The standard InChI is InChI=1S/C28H34O5/c1-16-8-10-18-21(29)15-22(32-5)25(30)24(18)19(16)14-20-17(2)9-11-23-27(20,3)12-7-13-28(23,4)26(31)33-6/h8,10,15,20,23H,2,7,9,11-14H2,1,3-6H3/t20-,23+,27+,28-/m0/s1. The van der Waals surface area contributed by atoms with Crippen LogP contribution in [0.15, 0.2) is 36.1 Å². The fourth-order valence-electron chi connectivity index (χ4n) is 7.02. The molecule has 0 bridgehead atoms. The molecule has 5 nitrogen and oxygen atoms in total. The Labute approximate surface area is 196 Å². The van der Waals surface area contributed by atoms with E-state index in [0.29, 0.717) is 17.5 Å². The molecular formula is C28H34O5. The summed E-state index contributed by atoms with van der Waals surface area (Å²) in [7, 11) is 2.89. The third-order valence-electron chi connectivity index (χ3n) is 8.83. The third kappa shape index (κ3) is 3.48. The number of esters is 1. The van der Waals surface area contributed by atoms with E-state index in [1.54, 1.807) is 6.07 Å². The first-order valence-electron chi connectivity index (χ1n) is 11.8. The number of carbonyl (C=O) groups is 3. The lowest BCUT2D eigenvalue weighted by Gasteiger charge is -2.57. The van der Waals surface area contributed by atoms with Crippen molar-refractivity contribution < 1.29 is 23.9 Å². The molecule has 4 atom stereocenters. The maximum absolute atomic E-state index is 13.3. The van der Waals surface area contributed by atoms with Gasteiger partial charge in [-0.1, -0.05) is 37.6 Å². The molecule has 1 aromatic carbocycles. The molecule has 0 unspecified atom stereocenters. The number of benzene rings is 1. The van der Waals surface area contributed by atoms with Crippen LogP contribution in [0, 0.1) is 29.6 Å². The molecule has 2 saturated carbocycles. The minimum atomic E-state index is -0.524. The number of ketones is 2. The van der Waals surface area contributed by atoms with E-state index in [2.05, 4.69) is 20.4 Å². The number of carbonyl (C=O) groups excluding carboxylic acids is 3. The number of allylic oxidation sites excluding steroid dienone is 3. The first kappa shape index (κ1) is 23.5. The Morgan fingerprint density at radius 3 is 2.58 bits per heavy atom. The number of fused-ring (bicyclic) bond motifs is 2. The second kappa shape index (κ2) is 8.27. The molecule has 0 saturated heterocycles. The minimum absolute atomic E-state index is 0.0850. The van der Waals surface area contributed by atoms with Crippen LogP contribution in [0.5, 0.6) is 0 Å². The zero-order chi connectivity index (χ0) is 24.1. The Morgan fingerprint density at radius 1 is 1.18 bits per heavy atom. The van der Waals surface area contributed by atoms with Crippen molar-refractivity contribution in [3.63, 3.8) is 0 Å². The van der Waals surface area contributed by atoms with Crippen LogP contribution in [0.3, 0.4) is 0 Å². The molecule has 176 valence electrons. The Bertz CT molecular complexity index is 1080. The van der Waals surface area contributed by atoms with Gasteiger partial charge < -0.3 is 9.47 Å². The number of Topliss-reactive ketones (excluding diaryl/α,β-unsaturated/α-hetero) is 1. The van der Waals surface area contributed by atoms with Gasteiger partial charge in [-0.2, -0.15) is 0 Å². The Hall–Kier alpha value is -2.69. The van der Waals surface area contributed by atoms with E-state index in [0.717, 1.165) is 48.8 Å². The molecule has 2 fully saturated rings. The quantitative estimate of drug-likeness (QED) is 0.454. The summed E-state index contributed by atoms with van der Waals surface area (Å²) in [5.74, 6) is -0.212. The highest BCUT2D eigenvalue weighted by Crippen LogP contribution is 2.62. The molecule has 3 aliphatic carbocycles. The fourth-order valence-corrected chi connectivity index (χ4v) is 7.02. The topological polar surface area (TPSA) is 69.7 Å². The molecule has 0 heterocycles. The number of hydrogen-bond donors (Lipinski definition) is 0. The molecule has 0 aliphatic heterocycles. The highest BCUT2D eigenvalue weighted by atomic mass is 16.5. The highest BCUT2D eigenvalue weighted by Gasteiger charge is 2.58. The zero-order valence-electron chi connectivity index (χ0n) is 20.4. The Kier molecular flexibility index (Phi) is 5.88. The number of methoxy groups -OCH3 is 2. The van der Waals surface area contributed by atoms with Crippen molar-refractivity contribution in [2.45, 2.75) is 59.3 Å². The maximum Gasteiger partial charge on any atom is 0.311 e. The Morgan fingerprint density at radius 2 is 1.91 bits per heavy atom. The lowest BCUT2D eigenvalue weighted by atomic mass is 9.46.